The molecule has 2 fully saturated rings. The molecule has 0 bridgehead atoms. The van der Waals surface area contributed by atoms with Crippen LogP contribution in [0.5, 0.6) is 0 Å². The minimum atomic E-state index is -0.579. The summed E-state index contributed by atoms with van der Waals surface area (Å²) in [5, 5.41) is 0. The molecular formula is C18H34N2O5. The van der Waals surface area contributed by atoms with Gasteiger partial charge in [0.15, 0.2) is 0 Å². The first-order valence-corrected chi connectivity index (χ1v) is 9.15. The molecule has 7 heteroatoms. The Bertz CT molecular complexity index is 414. The molecule has 0 aromatic rings. The van der Waals surface area contributed by atoms with E-state index >= 15 is 0 Å². The lowest BCUT2D eigenvalue weighted by Crippen LogP contribution is -2.53. The number of amides is 1. The van der Waals surface area contributed by atoms with Gasteiger partial charge >= 0.3 is 12.1 Å². The van der Waals surface area contributed by atoms with E-state index in [1.165, 1.54) is 12.8 Å². The second-order valence-electron chi connectivity index (χ2n) is 7.63. The summed E-state index contributed by atoms with van der Waals surface area (Å²) in [7, 11) is 0. The van der Waals surface area contributed by atoms with Crippen molar-refractivity contribution in [1.29, 1.82) is 0 Å². The number of hydrogen-bond acceptors (Lipinski definition) is 6. The molecule has 0 aromatic carbocycles. The van der Waals surface area contributed by atoms with Gasteiger partial charge in [0.25, 0.3) is 0 Å². The maximum absolute atomic E-state index is 11.9. The van der Waals surface area contributed by atoms with Crippen molar-refractivity contribution in [2.24, 2.45) is 5.73 Å². The number of carbonyl (C=O) groups excluding carboxylic acids is 2. The van der Waals surface area contributed by atoms with Crippen LogP contribution in [0.4, 0.5) is 4.79 Å². The van der Waals surface area contributed by atoms with E-state index in [1.807, 2.05) is 20.8 Å². The summed E-state index contributed by atoms with van der Waals surface area (Å²) >= 11 is 0. The highest BCUT2D eigenvalue weighted by molar-refractivity contribution is 5.71. The Balaban J connectivity index is 0.000000531. The van der Waals surface area contributed by atoms with Gasteiger partial charge in [-0.25, -0.2) is 4.79 Å². The molecule has 25 heavy (non-hydrogen) atoms. The first-order chi connectivity index (χ1) is 11.7. The highest BCUT2D eigenvalue weighted by Crippen LogP contribution is 2.24. The van der Waals surface area contributed by atoms with E-state index < -0.39 is 11.1 Å². The Kier molecular flexibility index (Phi) is 8.65. The normalized spacial score (nSPS) is 19.6. The van der Waals surface area contributed by atoms with E-state index in [9.17, 15) is 9.59 Å². The second kappa shape index (κ2) is 9.97. The zero-order valence-corrected chi connectivity index (χ0v) is 16.1. The van der Waals surface area contributed by atoms with Crippen LogP contribution in [0.25, 0.3) is 0 Å². The molecule has 2 heterocycles. The van der Waals surface area contributed by atoms with Crippen molar-refractivity contribution in [2.75, 3.05) is 32.9 Å². The highest BCUT2D eigenvalue weighted by atomic mass is 16.6. The first-order valence-electron chi connectivity index (χ1n) is 9.15. The van der Waals surface area contributed by atoms with E-state index in [0.29, 0.717) is 32.5 Å². The largest absolute Gasteiger partial charge is 0.466 e. The number of likely N-dealkylation sites (tertiary alicyclic amines) is 1. The van der Waals surface area contributed by atoms with Gasteiger partial charge in [-0.15, -0.1) is 0 Å². The Morgan fingerprint density at radius 1 is 1.16 bits per heavy atom. The molecule has 0 spiro atoms. The van der Waals surface area contributed by atoms with Crippen LogP contribution in [0.1, 0.15) is 59.8 Å². The van der Waals surface area contributed by atoms with Crippen molar-refractivity contribution in [3.63, 3.8) is 0 Å². The fraction of sp³-hybridized carbons (Fsp3) is 0.889. The third kappa shape index (κ3) is 9.07. The molecule has 0 saturated carbocycles. The molecule has 0 unspecified atom stereocenters. The number of hydrogen-bond donors (Lipinski definition) is 1. The van der Waals surface area contributed by atoms with Gasteiger partial charge in [-0.05, 0) is 53.4 Å². The average Bonchev–Trinajstić information content (AvgIpc) is 3.05. The summed E-state index contributed by atoms with van der Waals surface area (Å²) < 4.78 is 15.2. The SMILES string of the molecule is C1CCOC1.CCOC(=O)CC1(N)CCN(C(=O)OC(C)(C)C)CC1. The number of nitrogens with zero attached hydrogens (tertiary/aromatic N) is 1. The van der Waals surface area contributed by atoms with Crippen LogP contribution in [-0.2, 0) is 19.0 Å². The molecule has 7 nitrogen and oxygen atoms in total. The van der Waals surface area contributed by atoms with Crippen LogP contribution in [0.15, 0.2) is 0 Å². The molecule has 2 saturated heterocycles. The molecule has 2 rings (SSSR count). The number of esters is 1. The van der Waals surface area contributed by atoms with E-state index in [0.717, 1.165) is 13.2 Å². The summed E-state index contributed by atoms with van der Waals surface area (Å²) in [6.45, 7) is 10.6. The molecule has 0 aromatic heterocycles. The van der Waals surface area contributed by atoms with Crippen molar-refractivity contribution >= 4 is 12.1 Å². The monoisotopic (exact) mass is 358 g/mol. The molecule has 1 amide bonds. The number of nitrogens with two attached hydrogens (primary N) is 1. The number of carbonyl (C=O) groups is 2. The fourth-order valence-electron chi connectivity index (χ4n) is 2.65. The second-order valence-corrected chi connectivity index (χ2v) is 7.63. The molecule has 0 radical (unpaired) electrons. The third-order valence-corrected chi connectivity index (χ3v) is 4.04. The maximum Gasteiger partial charge on any atom is 0.410 e. The maximum atomic E-state index is 11.9. The molecule has 146 valence electrons. The van der Waals surface area contributed by atoms with Crippen LogP contribution in [-0.4, -0.2) is 61.0 Å². The number of piperidine rings is 1. The van der Waals surface area contributed by atoms with Crippen LogP contribution in [0, 0.1) is 0 Å². The van der Waals surface area contributed by atoms with Crippen molar-refractivity contribution in [3.05, 3.63) is 0 Å². The summed E-state index contributed by atoms with van der Waals surface area (Å²) in [5.74, 6) is -0.277. The molecule has 0 aliphatic carbocycles. The van der Waals surface area contributed by atoms with Gasteiger partial charge in [0.1, 0.15) is 5.60 Å². The lowest BCUT2D eigenvalue weighted by Gasteiger charge is -2.38. The standard InChI is InChI=1S/C14H26N2O4.C4H8O/c1-5-19-11(17)10-14(15)6-8-16(9-7-14)12(18)20-13(2,3)4;1-2-4-5-3-1/h5-10,15H2,1-4H3;1-4H2. The predicted octanol–water partition coefficient (Wildman–Crippen LogP) is 2.46. The van der Waals surface area contributed by atoms with Gasteiger partial charge in [-0.2, -0.15) is 0 Å². The van der Waals surface area contributed by atoms with Crippen molar-refractivity contribution < 1.29 is 23.8 Å². The highest BCUT2D eigenvalue weighted by Gasteiger charge is 2.36. The first kappa shape index (κ1) is 21.7. The summed E-state index contributed by atoms with van der Waals surface area (Å²) in [5.41, 5.74) is 5.12. The Hall–Kier alpha value is -1.34. The zero-order valence-electron chi connectivity index (χ0n) is 16.1. The molecule has 0 atom stereocenters. The van der Waals surface area contributed by atoms with Gasteiger partial charge in [-0.3, -0.25) is 4.79 Å². The average molecular weight is 358 g/mol. The minimum absolute atomic E-state index is 0.197. The zero-order chi connectivity index (χ0) is 18.9. The van der Waals surface area contributed by atoms with E-state index in [-0.39, 0.29) is 18.5 Å². The van der Waals surface area contributed by atoms with Gasteiger partial charge in [0, 0.05) is 31.8 Å². The van der Waals surface area contributed by atoms with Crippen molar-refractivity contribution in [2.45, 2.75) is 70.9 Å². The lowest BCUT2D eigenvalue weighted by molar-refractivity contribution is -0.144. The topological polar surface area (TPSA) is 91.1 Å². The van der Waals surface area contributed by atoms with Gasteiger partial charge in [0.2, 0.25) is 0 Å². The molecule has 2 N–H and O–H groups in total. The summed E-state index contributed by atoms with van der Waals surface area (Å²) in [6.07, 6.45) is 3.58. The number of ether oxygens (including phenoxy) is 3. The molecule has 2 aliphatic heterocycles. The smallest absolute Gasteiger partial charge is 0.410 e. The minimum Gasteiger partial charge on any atom is -0.466 e. The fourth-order valence-corrected chi connectivity index (χ4v) is 2.65. The van der Waals surface area contributed by atoms with Gasteiger partial charge < -0.3 is 24.8 Å². The van der Waals surface area contributed by atoms with Crippen molar-refractivity contribution in [1.82, 2.24) is 4.90 Å². The third-order valence-electron chi connectivity index (χ3n) is 4.04. The van der Waals surface area contributed by atoms with E-state index in [4.69, 9.17) is 19.9 Å². The van der Waals surface area contributed by atoms with Crippen LogP contribution >= 0.6 is 0 Å². The van der Waals surface area contributed by atoms with Crippen LogP contribution in [0.2, 0.25) is 0 Å². The number of rotatable bonds is 3. The Morgan fingerprint density at radius 2 is 1.72 bits per heavy atom. The van der Waals surface area contributed by atoms with Crippen LogP contribution < -0.4 is 5.73 Å². The van der Waals surface area contributed by atoms with Gasteiger partial charge in [-0.1, -0.05) is 0 Å². The Morgan fingerprint density at radius 3 is 2.12 bits per heavy atom. The lowest BCUT2D eigenvalue weighted by atomic mass is 9.85. The van der Waals surface area contributed by atoms with E-state index in [2.05, 4.69) is 0 Å². The van der Waals surface area contributed by atoms with Gasteiger partial charge in [0.05, 0.1) is 13.0 Å². The predicted molar refractivity (Wildman–Crippen MR) is 95.3 cm³/mol. The Labute approximate surface area is 151 Å². The summed E-state index contributed by atoms with van der Waals surface area (Å²) in [6, 6.07) is 0. The quantitative estimate of drug-likeness (QED) is 0.779. The summed E-state index contributed by atoms with van der Waals surface area (Å²) in [4.78, 5) is 25.1. The van der Waals surface area contributed by atoms with Crippen LogP contribution in [0.3, 0.4) is 0 Å². The van der Waals surface area contributed by atoms with Crippen molar-refractivity contribution in [3.8, 4) is 0 Å². The molecular weight excluding hydrogens is 324 g/mol. The van der Waals surface area contributed by atoms with E-state index in [1.54, 1.807) is 11.8 Å². The molecule has 2 aliphatic rings.